The Balaban J connectivity index is 5.47. The summed E-state index contributed by atoms with van der Waals surface area (Å²) in [7, 11) is -6.70. The summed E-state index contributed by atoms with van der Waals surface area (Å²) in [5.74, 6) is -9.23. The molecule has 0 saturated heterocycles. The van der Waals surface area contributed by atoms with Gasteiger partial charge in [-0.25, -0.2) is 13.2 Å². The van der Waals surface area contributed by atoms with Crippen LogP contribution in [0.3, 0.4) is 0 Å². The first-order valence-corrected chi connectivity index (χ1v) is 5.39. The molecule has 0 radical (unpaired) electrons. The minimum Gasteiger partial charge on any atom is -0.281 e. The van der Waals surface area contributed by atoms with E-state index in [9.17, 15) is 39.2 Å². The Labute approximate surface area is 96.5 Å². The van der Waals surface area contributed by atoms with Gasteiger partial charge in [-0.2, -0.15) is 26.0 Å². The van der Waals surface area contributed by atoms with Crippen molar-refractivity contribution in [2.45, 2.75) is 37.0 Å². The van der Waals surface area contributed by atoms with E-state index in [4.69, 9.17) is 4.55 Å². The SMILES string of the molecule is CC(F)(F)C(C)(F)OC(F)(F)C(F)(F)S(=O)(=O)O. The molecule has 0 rings (SSSR count). The van der Waals surface area contributed by atoms with Crippen LogP contribution in [0.15, 0.2) is 0 Å². The van der Waals surface area contributed by atoms with E-state index in [1.165, 1.54) is 0 Å². The average molecular weight is 308 g/mol. The molecule has 0 aromatic rings. The quantitative estimate of drug-likeness (QED) is 0.626. The van der Waals surface area contributed by atoms with Crippen LogP contribution in [-0.2, 0) is 14.9 Å². The molecule has 0 aromatic heterocycles. The third-order valence-corrected chi connectivity index (χ3v) is 2.65. The van der Waals surface area contributed by atoms with Gasteiger partial charge in [0.05, 0.1) is 0 Å². The van der Waals surface area contributed by atoms with Crippen LogP contribution < -0.4 is 0 Å². The van der Waals surface area contributed by atoms with Gasteiger partial charge in [0.2, 0.25) is 0 Å². The summed E-state index contributed by atoms with van der Waals surface area (Å²) in [6.45, 7) is -0.560. The van der Waals surface area contributed by atoms with E-state index in [0.29, 0.717) is 0 Å². The summed E-state index contributed by atoms with van der Waals surface area (Å²) < 4.78 is 118. The average Bonchev–Trinajstić information content (AvgIpc) is 1.96. The van der Waals surface area contributed by atoms with E-state index in [0.717, 1.165) is 0 Å². The van der Waals surface area contributed by atoms with Crippen LogP contribution in [0.4, 0.5) is 30.7 Å². The molecule has 0 aromatic carbocycles. The second-order valence-electron chi connectivity index (χ2n) is 3.42. The lowest BCUT2D eigenvalue weighted by Crippen LogP contribution is -2.55. The molecule has 0 aliphatic heterocycles. The van der Waals surface area contributed by atoms with Crippen LogP contribution in [0.25, 0.3) is 0 Å². The first-order chi connectivity index (χ1) is 7.46. The molecule has 1 N–H and O–H groups in total. The number of alkyl halides is 7. The molecule has 1 atom stereocenters. The number of rotatable bonds is 5. The highest BCUT2D eigenvalue weighted by atomic mass is 32.2. The Morgan fingerprint density at radius 3 is 1.50 bits per heavy atom. The fraction of sp³-hybridized carbons (Fsp3) is 1.00. The predicted octanol–water partition coefficient (Wildman–Crippen LogP) is 2.42. The molecule has 4 nitrogen and oxygen atoms in total. The van der Waals surface area contributed by atoms with Crippen molar-refractivity contribution < 1.29 is 48.4 Å². The zero-order valence-corrected chi connectivity index (χ0v) is 9.54. The Morgan fingerprint density at radius 2 is 1.28 bits per heavy atom. The summed E-state index contributed by atoms with van der Waals surface area (Å²) in [6, 6.07) is 0. The Kier molecular flexibility index (Phi) is 4.05. The number of ether oxygens (including phenoxy) is 1. The van der Waals surface area contributed by atoms with Crippen LogP contribution >= 0.6 is 0 Å². The lowest BCUT2D eigenvalue weighted by atomic mass is 10.2. The normalized spacial score (nSPS) is 18.6. The van der Waals surface area contributed by atoms with E-state index in [-0.39, 0.29) is 13.8 Å². The number of halogens is 7. The topological polar surface area (TPSA) is 63.6 Å². The van der Waals surface area contributed by atoms with Crippen molar-refractivity contribution in [3.8, 4) is 0 Å². The Hall–Kier alpha value is -0.620. The van der Waals surface area contributed by atoms with Crippen LogP contribution in [0, 0.1) is 0 Å². The zero-order valence-electron chi connectivity index (χ0n) is 8.73. The maximum atomic E-state index is 12.9. The molecule has 0 saturated carbocycles. The van der Waals surface area contributed by atoms with Gasteiger partial charge < -0.3 is 0 Å². The van der Waals surface area contributed by atoms with E-state index in [1.54, 1.807) is 0 Å². The van der Waals surface area contributed by atoms with Gasteiger partial charge >= 0.3 is 27.4 Å². The molecule has 0 bridgehead atoms. The molecule has 1 unspecified atom stereocenters. The molecule has 110 valence electrons. The van der Waals surface area contributed by atoms with Crippen molar-refractivity contribution in [1.82, 2.24) is 0 Å². The maximum Gasteiger partial charge on any atom is 0.460 e. The standard InChI is InChI=1S/C6H7F7O4S/c1-3(7,8)4(2,9)17-5(10,11)6(12,13)18(14,15)16/h1-2H3,(H,14,15,16). The summed E-state index contributed by atoms with van der Waals surface area (Å²) in [5, 5.41) is -6.29. The fourth-order valence-corrected chi connectivity index (χ4v) is 0.882. The molecular weight excluding hydrogens is 301 g/mol. The smallest absolute Gasteiger partial charge is 0.281 e. The van der Waals surface area contributed by atoms with Gasteiger partial charge in [0.25, 0.3) is 5.85 Å². The van der Waals surface area contributed by atoms with Crippen molar-refractivity contribution >= 4 is 10.1 Å². The van der Waals surface area contributed by atoms with Gasteiger partial charge in [-0.05, 0) is 0 Å². The van der Waals surface area contributed by atoms with Crippen molar-refractivity contribution in [2.24, 2.45) is 0 Å². The first kappa shape index (κ1) is 17.4. The third-order valence-electron chi connectivity index (χ3n) is 1.77. The van der Waals surface area contributed by atoms with Crippen molar-refractivity contribution in [3.05, 3.63) is 0 Å². The second-order valence-corrected chi connectivity index (χ2v) is 4.88. The minimum atomic E-state index is -6.70. The molecular formula is C6H7F7O4S. The lowest BCUT2D eigenvalue weighted by Gasteiger charge is -2.32. The first-order valence-electron chi connectivity index (χ1n) is 3.95. The van der Waals surface area contributed by atoms with Gasteiger partial charge in [-0.15, -0.1) is 0 Å². The van der Waals surface area contributed by atoms with Gasteiger partial charge in [0.15, 0.2) is 0 Å². The fourth-order valence-electron chi connectivity index (χ4n) is 0.540. The van der Waals surface area contributed by atoms with Crippen molar-refractivity contribution in [1.29, 1.82) is 0 Å². The molecule has 0 aliphatic rings. The summed E-state index contributed by atoms with van der Waals surface area (Å²) in [5.41, 5.74) is 0. The maximum absolute atomic E-state index is 12.9. The number of hydrogen-bond donors (Lipinski definition) is 1. The van der Waals surface area contributed by atoms with E-state index < -0.39 is 33.3 Å². The van der Waals surface area contributed by atoms with Gasteiger partial charge in [-0.1, -0.05) is 0 Å². The second kappa shape index (κ2) is 4.20. The van der Waals surface area contributed by atoms with Crippen LogP contribution in [0.2, 0.25) is 0 Å². The Morgan fingerprint density at radius 1 is 0.944 bits per heavy atom. The summed E-state index contributed by atoms with van der Waals surface area (Å²) in [4.78, 5) is 0. The third kappa shape index (κ3) is 3.03. The monoisotopic (exact) mass is 308 g/mol. The predicted molar refractivity (Wildman–Crippen MR) is 42.7 cm³/mol. The number of hydrogen-bond acceptors (Lipinski definition) is 3. The highest BCUT2D eigenvalue weighted by Crippen LogP contribution is 2.45. The van der Waals surface area contributed by atoms with Crippen LogP contribution in [0.1, 0.15) is 13.8 Å². The van der Waals surface area contributed by atoms with E-state index >= 15 is 0 Å². The van der Waals surface area contributed by atoms with Crippen LogP contribution in [-0.4, -0.2) is 36.1 Å². The molecule has 18 heavy (non-hydrogen) atoms. The molecule has 0 heterocycles. The highest BCUT2D eigenvalue weighted by Gasteiger charge is 2.71. The molecule has 0 spiro atoms. The Bertz CT molecular complexity index is 410. The van der Waals surface area contributed by atoms with Crippen LogP contribution in [0.5, 0.6) is 0 Å². The van der Waals surface area contributed by atoms with E-state index in [1.807, 2.05) is 0 Å². The zero-order chi connectivity index (χ0) is 15.2. The lowest BCUT2D eigenvalue weighted by molar-refractivity contribution is -0.410. The van der Waals surface area contributed by atoms with Gasteiger partial charge in [0.1, 0.15) is 0 Å². The van der Waals surface area contributed by atoms with E-state index in [2.05, 4.69) is 4.74 Å². The summed E-state index contributed by atoms with van der Waals surface area (Å²) >= 11 is 0. The molecule has 0 aliphatic carbocycles. The molecule has 12 heteroatoms. The van der Waals surface area contributed by atoms with Gasteiger partial charge in [0, 0.05) is 13.8 Å². The van der Waals surface area contributed by atoms with Gasteiger partial charge in [-0.3, -0.25) is 9.29 Å². The molecule has 0 fully saturated rings. The minimum absolute atomic E-state index is 0.255. The highest BCUT2D eigenvalue weighted by molar-refractivity contribution is 7.86. The molecule has 0 amide bonds. The van der Waals surface area contributed by atoms with Crippen molar-refractivity contribution in [2.75, 3.05) is 0 Å². The summed E-state index contributed by atoms with van der Waals surface area (Å²) in [6.07, 6.45) is -6.20. The van der Waals surface area contributed by atoms with Crippen molar-refractivity contribution in [3.63, 3.8) is 0 Å². The largest absolute Gasteiger partial charge is 0.460 e.